The van der Waals surface area contributed by atoms with Crippen LogP contribution in [0.4, 0.5) is 0 Å². The maximum absolute atomic E-state index is 13.4. The van der Waals surface area contributed by atoms with Gasteiger partial charge in [-0.1, -0.05) is 6.07 Å². The van der Waals surface area contributed by atoms with Crippen LogP contribution in [0.3, 0.4) is 0 Å². The maximum atomic E-state index is 13.4. The van der Waals surface area contributed by atoms with Gasteiger partial charge < -0.3 is 9.47 Å². The highest BCUT2D eigenvalue weighted by atomic mass is 32.2. The quantitative estimate of drug-likeness (QED) is 0.742. The lowest BCUT2D eigenvalue weighted by molar-refractivity contribution is 0.331. The number of pyridine rings is 1. The highest BCUT2D eigenvalue weighted by Gasteiger charge is 2.41. The van der Waals surface area contributed by atoms with Crippen molar-refractivity contribution >= 4 is 10.0 Å². The molecule has 1 aromatic carbocycles. The summed E-state index contributed by atoms with van der Waals surface area (Å²) in [5, 5.41) is 0. The molecule has 7 heteroatoms. The van der Waals surface area contributed by atoms with Crippen molar-refractivity contribution in [1.82, 2.24) is 9.29 Å². The summed E-state index contributed by atoms with van der Waals surface area (Å²) < 4.78 is 38.9. The molecular weight excluding hydrogens is 352 g/mol. The number of aromatic nitrogens is 1. The Balaban J connectivity index is 2.07. The molecule has 0 aliphatic heterocycles. The second kappa shape index (κ2) is 7.25. The maximum Gasteiger partial charge on any atom is 0.247 e. The number of rotatable bonds is 7. The van der Waals surface area contributed by atoms with E-state index in [1.165, 1.54) is 24.6 Å². The number of hydrogen-bond donors (Lipinski definition) is 0. The van der Waals surface area contributed by atoms with E-state index in [4.69, 9.17) is 9.47 Å². The Morgan fingerprint density at radius 3 is 2.38 bits per heavy atom. The van der Waals surface area contributed by atoms with Crippen LogP contribution in [0.5, 0.6) is 11.5 Å². The van der Waals surface area contributed by atoms with Crippen molar-refractivity contribution < 1.29 is 17.9 Å². The van der Waals surface area contributed by atoms with E-state index in [9.17, 15) is 8.42 Å². The summed E-state index contributed by atoms with van der Waals surface area (Å²) in [5.41, 5.74) is 1.58. The SMILES string of the molecule is COc1cc(S(=O)(=O)N(C)C(c2ccccn2)C2CC2)c(OC)cc1C. The van der Waals surface area contributed by atoms with Gasteiger partial charge in [-0.2, -0.15) is 4.31 Å². The fourth-order valence-corrected chi connectivity index (χ4v) is 4.76. The van der Waals surface area contributed by atoms with E-state index in [-0.39, 0.29) is 16.9 Å². The van der Waals surface area contributed by atoms with Crippen molar-refractivity contribution in [2.24, 2.45) is 5.92 Å². The molecular formula is C19H24N2O4S. The normalized spacial score (nSPS) is 15.7. The summed E-state index contributed by atoms with van der Waals surface area (Å²) in [6, 6.07) is 8.51. The predicted molar refractivity (Wildman–Crippen MR) is 98.9 cm³/mol. The van der Waals surface area contributed by atoms with Crippen LogP contribution in [-0.4, -0.2) is 39.0 Å². The van der Waals surface area contributed by atoms with Gasteiger partial charge >= 0.3 is 0 Å². The molecule has 0 spiro atoms. The van der Waals surface area contributed by atoms with Crippen molar-refractivity contribution in [2.45, 2.75) is 30.7 Å². The minimum absolute atomic E-state index is 0.103. The molecule has 0 N–H and O–H groups in total. The van der Waals surface area contributed by atoms with Gasteiger partial charge in [0.05, 0.1) is 26.0 Å². The molecule has 1 unspecified atom stereocenters. The van der Waals surface area contributed by atoms with Crippen LogP contribution in [0.1, 0.15) is 30.1 Å². The minimum Gasteiger partial charge on any atom is -0.496 e. The van der Waals surface area contributed by atoms with E-state index in [1.807, 2.05) is 25.1 Å². The van der Waals surface area contributed by atoms with E-state index in [0.29, 0.717) is 11.5 Å². The topological polar surface area (TPSA) is 68.7 Å². The van der Waals surface area contributed by atoms with Gasteiger partial charge in [-0.3, -0.25) is 4.98 Å². The third-order valence-electron chi connectivity index (χ3n) is 4.79. The van der Waals surface area contributed by atoms with Gasteiger partial charge in [0.2, 0.25) is 10.0 Å². The van der Waals surface area contributed by atoms with E-state index < -0.39 is 10.0 Å². The first-order valence-electron chi connectivity index (χ1n) is 8.51. The average Bonchev–Trinajstić information content (AvgIpc) is 3.47. The Hall–Kier alpha value is -2.12. The predicted octanol–water partition coefficient (Wildman–Crippen LogP) is 3.18. The number of methoxy groups -OCH3 is 2. The molecule has 3 rings (SSSR count). The van der Waals surface area contributed by atoms with Crippen LogP contribution >= 0.6 is 0 Å². The molecule has 1 fully saturated rings. The first kappa shape index (κ1) is 18.7. The summed E-state index contributed by atoms with van der Waals surface area (Å²) in [5.74, 6) is 1.10. The number of benzene rings is 1. The first-order chi connectivity index (χ1) is 12.4. The highest BCUT2D eigenvalue weighted by molar-refractivity contribution is 7.89. The number of aryl methyl sites for hydroxylation is 1. The molecule has 140 valence electrons. The van der Waals surface area contributed by atoms with Gasteiger partial charge in [0, 0.05) is 19.3 Å². The Morgan fingerprint density at radius 1 is 1.15 bits per heavy atom. The van der Waals surface area contributed by atoms with Gasteiger partial charge in [-0.25, -0.2) is 8.42 Å². The fraction of sp³-hybridized carbons (Fsp3) is 0.421. The van der Waals surface area contributed by atoms with Crippen molar-refractivity contribution in [2.75, 3.05) is 21.3 Å². The van der Waals surface area contributed by atoms with Gasteiger partial charge in [-0.05, 0) is 49.4 Å². The molecule has 1 aliphatic carbocycles. The second-order valence-corrected chi connectivity index (χ2v) is 8.50. The van der Waals surface area contributed by atoms with Gasteiger partial charge in [0.15, 0.2) is 0 Å². The van der Waals surface area contributed by atoms with E-state index >= 15 is 0 Å². The van der Waals surface area contributed by atoms with E-state index in [2.05, 4.69) is 4.98 Å². The molecule has 26 heavy (non-hydrogen) atoms. The summed E-state index contributed by atoms with van der Waals surface area (Å²) >= 11 is 0. The zero-order chi connectivity index (χ0) is 18.9. The smallest absolute Gasteiger partial charge is 0.247 e. The molecule has 0 radical (unpaired) electrons. The number of hydrogen-bond acceptors (Lipinski definition) is 5. The Bertz CT molecular complexity index is 880. The van der Waals surface area contributed by atoms with Crippen LogP contribution in [-0.2, 0) is 10.0 Å². The Kier molecular flexibility index (Phi) is 5.20. The first-order valence-corrected chi connectivity index (χ1v) is 9.95. The molecule has 2 aromatic rings. The second-order valence-electron chi connectivity index (χ2n) is 6.53. The van der Waals surface area contributed by atoms with Gasteiger partial charge in [-0.15, -0.1) is 0 Å². The van der Waals surface area contributed by atoms with Crippen LogP contribution in [0.2, 0.25) is 0 Å². The minimum atomic E-state index is -3.80. The van der Waals surface area contributed by atoms with E-state index in [0.717, 1.165) is 24.1 Å². The molecule has 0 amide bonds. The third kappa shape index (κ3) is 3.41. The number of sulfonamides is 1. The highest BCUT2D eigenvalue weighted by Crippen LogP contribution is 2.46. The molecule has 0 saturated heterocycles. The number of nitrogens with zero attached hydrogens (tertiary/aromatic N) is 2. The Morgan fingerprint density at radius 2 is 1.85 bits per heavy atom. The zero-order valence-corrected chi connectivity index (χ0v) is 16.3. The van der Waals surface area contributed by atoms with Crippen LogP contribution < -0.4 is 9.47 Å². The summed E-state index contributed by atoms with van der Waals surface area (Å²) in [6.45, 7) is 1.85. The van der Waals surface area contributed by atoms with Crippen molar-refractivity contribution in [1.29, 1.82) is 0 Å². The van der Waals surface area contributed by atoms with Crippen LogP contribution in [0, 0.1) is 12.8 Å². The third-order valence-corrected chi connectivity index (χ3v) is 6.65. The monoisotopic (exact) mass is 376 g/mol. The molecule has 1 heterocycles. The van der Waals surface area contributed by atoms with Crippen molar-refractivity contribution in [3.05, 3.63) is 47.8 Å². The summed E-state index contributed by atoms with van der Waals surface area (Å²) in [6.07, 6.45) is 3.69. The number of ether oxygens (including phenoxy) is 2. The molecule has 1 saturated carbocycles. The molecule has 1 aliphatic rings. The molecule has 1 aromatic heterocycles. The van der Waals surface area contributed by atoms with Crippen molar-refractivity contribution in [3.8, 4) is 11.5 Å². The lowest BCUT2D eigenvalue weighted by atomic mass is 10.1. The largest absolute Gasteiger partial charge is 0.496 e. The molecule has 0 bridgehead atoms. The van der Waals surface area contributed by atoms with Crippen molar-refractivity contribution in [3.63, 3.8) is 0 Å². The summed E-state index contributed by atoms with van der Waals surface area (Å²) in [7, 11) is 0.808. The standard InChI is InChI=1S/C19H24N2O4S/c1-13-11-17(25-4)18(12-16(13)24-3)26(22,23)21(2)19(14-8-9-14)15-7-5-6-10-20-15/h5-7,10-12,14,19H,8-9H2,1-4H3. The summed E-state index contributed by atoms with van der Waals surface area (Å²) in [4.78, 5) is 4.50. The zero-order valence-electron chi connectivity index (χ0n) is 15.5. The van der Waals surface area contributed by atoms with Crippen LogP contribution in [0.15, 0.2) is 41.4 Å². The lowest BCUT2D eigenvalue weighted by Crippen LogP contribution is -2.33. The average molecular weight is 376 g/mol. The Labute approximate surface area is 154 Å². The molecule has 6 nitrogen and oxygen atoms in total. The van der Waals surface area contributed by atoms with E-state index in [1.54, 1.807) is 19.3 Å². The van der Waals surface area contributed by atoms with Gasteiger partial charge in [0.1, 0.15) is 16.4 Å². The van der Waals surface area contributed by atoms with Gasteiger partial charge in [0.25, 0.3) is 0 Å². The van der Waals surface area contributed by atoms with Crippen LogP contribution in [0.25, 0.3) is 0 Å². The lowest BCUT2D eigenvalue weighted by Gasteiger charge is -2.28. The fourth-order valence-electron chi connectivity index (χ4n) is 3.22. The molecule has 1 atom stereocenters.